The SMILES string of the molecule is C=C/C=C(\C=C)c1nc(-c2ccccc2)nc(-n2c3ccccc3c3c2nc2c4ccccc4c4ccccc4n23)n1. The maximum atomic E-state index is 5.32. The van der Waals surface area contributed by atoms with Crippen LogP contribution < -0.4 is 0 Å². The quantitative estimate of drug-likeness (QED) is 0.163. The van der Waals surface area contributed by atoms with E-state index in [9.17, 15) is 0 Å². The number of para-hydroxylation sites is 2. The summed E-state index contributed by atoms with van der Waals surface area (Å²) >= 11 is 0. The molecule has 0 atom stereocenters. The minimum Gasteiger partial charge on any atom is -0.289 e. The van der Waals surface area contributed by atoms with Gasteiger partial charge in [0, 0.05) is 27.3 Å². The van der Waals surface area contributed by atoms with E-state index in [2.05, 4.69) is 84.3 Å². The van der Waals surface area contributed by atoms with Crippen molar-refractivity contribution >= 4 is 55.0 Å². The van der Waals surface area contributed by atoms with Gasteiger partial charge in [0.05, 0.1) is 11.0 Å². The maximum Gasteiger partial charge on any atom is 0.240 e. The minimum atomic E-state index is 0.485. The van der Waals surface area contributed by atoms with Gasteiger partial charge in [-0.1, -0.05) is 122 Å². The molecule has 0 saturated heterocycles. The molecule has 0 aliphatic heterocycles. The molecule has 8 rings (SSSR count). The maximum absolute atomic E-state index is 5.32. The van der Waals surface area contributed by atoms with Crippen molar-refractivity contribution in [3.63, 3.8) is 0 Å². The number of rotatable bonds is 5. The lowest BCUT2D eigenvalue weighted by molar-refractivity contribution is 0.927. The molecule has 0 radical (unpaired) electrons. The largest absolute Gasteiger partial charge is 0.289 e. The average molecular weight is 541 g/mol. The summed E-state index contributed by atoms with van der Waals surface area (Å²) in [5, 5.41) is 4.50. The molecule has 198 valence electrons. The summed E-state index contributed by atoms with van der Waals surface area (Å²) < 4.78 is 4.33. The molecular formula is C36H24N6. The van der Waals surface area contributed by atoms with Crippen LogP contribution >= 0.6 is 0 Å². The Morgan fingerprint density at radius 2 is 1.26 bits per heavy atom. The highest BCUT2D eigenvalue weighted by Gasteiger charge is 2.23. The second-order valence-electron chi connectivity index (χ2n) is 10.1. The third kappa shape index (κ3) is 3.45. The number of hydrogen-bond acceptors (Lipinski definition) is 4. The zero-order valence-electron chi connectivity index (χ0n) is 22.6. The Kier molecular flexibility index (Phi) is 5.34. The zero-order chi connectivity index (χ0) is 28.2. The number of pyridine rings is 1. The molecule has 4 aromatic carbocycles. The molecule has 4 aromatic heterocycles. The van der Waals surface area contributed by atoms with Gasteiger partial charge in [0.25, 0.3) is 0 Å². The fourth-order valence-electron chi connectivity index (χ4n) is 5.89. The van der Waals surface area contributed by atoms with Gasteiger partial charge in [-0.3, -0.25) is 8.97 Å². The summed E-state index contributed by atoms with van der Waals surface area (Å²) in [6, 6.07) is 35.2. The monoisotopic (exact) mass is 540 g/mol. The van der Waals surface area contributed by atoms with E-state index in [4.69, 9.17) is 19.9 Å². The van der Waals surface area contributed by atoms with Crippen LogP contribution in [0.4, 0.5) is 0 Å². The minimum absolute atomic E-state index is 0.485. The van der Waals surface area contributed by atoms with Crippen LogP contribution in [0, 0.1) is 0 Å². The van der Waals surface area contributed by atoms with E-state index in [0.717, 1.165) is 49.8 Å². The van der Waals surface area contributed by atoms with E-state index in [1.54, 1.807) is 12.2 Å². The highest BCUT2D eigenvalue weighted by Crippen LogP contribution is 2.37. The summed E-state index contributed by atoms with van der Waals surface area (Å²) in [7, 11) is 0. The van der Waals surface area contributed by atoms with Gasteiger partial charge < -0.3 is 0 Å². The van der Waals surface area contributed by atoms with Crippen molar-refractivity contribution in [3.05, 3.63) is 140 Å². The molecule has 6 nitrogen and oxygen atoms in total. The van der Waals surface area contributed by atoms with Crippen molar-refractivity contribution in [3.8, 4) is 17.3 Å². The predicted octanol–water partition coefficient (Wildman–Crippen LogP) is 8.35. The lowest BCUT2D eigenvalue weighted by Gasteiger charge is -2.10. The number of aromatic nitrogens is 6. The second-order valence-corrected chi connectivity index (χ2v) is 10.1. The zero-order valence-corrected chi connectivity index (χ0v) is 22.6. The van der Waals surface area contributed by atoms with Gasteiger partial charge >= 0.3 is 0 Å². The van der Waals surface area contributed by atoms with Gasteiger partial charge in [-0.05, 0) is 17.5 Å². The summed E-state index contributed by atoms with van der Waals surface area (Å²) in [4.78, 5) is 20.2. The molecule has 0 spiro atoms. The van der Waals surface area contributed by atoms with Crippen LogP contribution in [0.2, 0.25) is 0 Å². The van der Waals surface area contributed by atoms with Crippen molar-refractivity contribution in [1.82, 2.24) is 28.9 Å². The third-order valence-corrected chi connectivity index (χ3v) is 7.71. The van der Waals surface area contributed by atoms with Crippen molar-refractivity contribution in [2.24, 2.45) is 0 Å². The Bertz CT molecular complexity index is 2390. The molecule has 0 N–H and O–H groups in total. The van der Waals surface area contributed by atoms with E-state index >= 15 is 0 Å². The highest BCUT2D eigenvalue weighted by atomic mass is 15.2. The molecule has 6 heteroatoms. The fourth-order valence-corrected chi connectivity index (χ4v) is 5.89. The van der Waals surface area contributed by atoms with Gasteiger partial charge in [0.2, 0.25) is 5.95 Å². The van der Waals surface area contributed by atoms with Gasteiger partial charge in [0.15, 0.2) is 17.3 Å². The highest BCUT2D eigenvalue weighted by molar-refractivity contribution is 6.17. The summed E-state index contributed by atoms with van der Waals surface area (Å²) in [5.74, 6) is 1.57. The van der Waals surface area contributed by atoms with Crippen molar-refractivity contribution in [1.29, 1.82) is 0 Å². The van der Waals surface area contributed by atoms with E-state index in [1.807, 2.05) is 47.0 Å². The Morgan fingerprint density at radius 3 is 2.02 bits per heavy atom. The molecule has 0 aliphatic rings. The molecule has 8 aromatic rings. The number of allylic oxidation sites excluding steroid dienone is 4. The van der Waals surface area contributed by atoms with Crippen LogP contribution in [0.1, 0.15) is 5.82 Å². The van der Waals surface area contributed by atoms with Gasteiger partial charge in [-0.25, -0.2) is 9.97 Å². The second kappa shape index (κ2) is 9.35. The van der Waals surface area contributed by atoms with Gasteiger partial charge in [0.1, 0.15) is 11.2 Å². The van der Waals surface area contributed by atoms with Crippen LogP contribution in [-0.2, 0) is 0 Å². The van der Waals surface area contributed by atoms with Crippen LogP contribution in [0.5, 0.6) is 0 Å². The summed E-state index contributed by atoms with van der Waals surface area (Å²) in [6.45, 7) is 7.87. The molecule has 0 fully saturated rings. The molecule has 0 aliphatic carbocycles. The Morgan fingerprint density at radius 1 is 0.595 bits per heavy atom. The molecule has 42 heavy (non-hydrogen) atoms. The van der Waals surface area contributed by atoms with Gasteiger partial charge in [-0.2, -0.15) is 9.97 Å². The molecule has 0 saturated carbocycles. The topological polar surface area (TPSA) is 60.9 Å². The number of hydrogen-bond donors (Lipinski definition) is 0. The standard InChI is InChI=1S/C36H24N6/c1-3-14-23(4-2)32-37-33(24-15-6-5-7-16-24)39-36(38-32)42-30-22-13-11-20-28(30)31-35(42)40-34-27-19-9-8-17-25(27)26-18-10-12-21-29(26)41(31)34/h3-22H,1-2H2/b23-14+. The van der Waals surface area contributed by atoms with Crippen molar-refractivity contribution < 1.29 is 0 Å². The molecule has 0 bridgehead atoms. The van der Waals surface area contributed by atoms with Crippen LogP contribution in [-0.4, -0.2) is 28.9 Å². The number of imidazole rings is 1. The third-order valence-electron chi connectivity index (χ3n) is 7.71. The van der Waals surface area contributed by atoms with Crippen LogP contribution in [0.15, 0.2) is 135 Å². The molecule has 4 heterocycles. The number of nitrogens with zero attached hydrogens (tertiary/aromatic N) is 6. The first-order valence-corrected chi connectivity index (χ1v) is 13.8. The van der Waals surface area contributed by atoms with Crippen LogP contribution in [0.25, 0.3) is 72.3 Å². The van der Waals surface area contributed by atoms with Gasteiger partial charge in [-0.15, -0.1) is 0 Å². The molecule has 0 unspecified atom stereocenters. The van der Waals surface area contributed by atoms with E-state index in [-0.39, 0.29) is 0 Å². The van der Waals surface area contributed by atoms with E-state index in [1.165, 1.54) is 10.8 Å². The first-order valence-electron chi connectivity index (χ1n) is 13.8. The van der Waals surface area contributed by atoms with Crippen molar-refractivity contribution in [2.75, 3.05) is 0 Å². The number of benzene rings is 4. The van der Waals surface area contributed by atoms with E-state index in [0.29, 0.717) is 17.6 Å². The summed E-state index contributed by atoms with van der Waals surface area (Å²) in [5.41, 5.74) is 6.39. The lowest BCUT2D eigenvalue weighted by Crippen LogP contribution is -2.08. The summed E-state index contributed by atoms with van der Waals surface area (Å²) in [6.07, 6.45) is 5.31. The number of fused-ring (bicyclic) bond motifs is 10. The Balaban J connectivity index is 1.55. The lowest BCUT2D eigenvalue weighted by atomic mass is 10.1. The normalized spacial score (nSPS) is 12.1. The van der Waals surface area contributed by atoms with Crippen molar-refractivity contribution in [2.45, 2.75) is 0 Å². The molecule has 0 amide bonds. The van der Waals surface area contributed by atoms with Crippen LogP contribution in [0.3, 0.4) is 0 Å². The first kappa shape index (κ1) is 24.0. The Labute approximate surface area is 241 Å². The molecular weight excluding hydrogens is 516 g/mol. The average Bonchev–Trinajstić information content (AvgIpc) is 3.59. The predicted molar refractivity (Wildman–Crippen MR) is 172 cm³/mol. The first-order chi connectivity index (χ1) is 20.8. The smallest absolute Gasteiger partial charge is 0.240 e. The van der Waals surface area contributed by atoms with E-state index < -0.39 is 0 Å². The Hall–Kier alpha value is -5.88. The fraction of sp³-hybridized carbons (Fsp3) is 0.